The van der Waals surface area contributed by atoms with Crippen LogP contribution in [-0.2, 0) is 0 Å². The highest BCUT2D eigenvalue weighted by molar-refractivity contribution is 7.80. The van der Waals surface area contributed by atoms with Crippen LogP contribution in [0.1, 0.15) is 19.8 Å². The van der Waals surface area contributed by atoms with E-state index in [4.69, 9.17) is 4.74 Å². The second-order valence-electron chi connectivity index (χ2n) is 4.59. The summed E-state index contributed by atoms with van der Waals surface area (Å²) in [6.45, 7) is 5.17. The first-order chi connectivity index (χ1) is 8.25. The van der Waals surface area contributed by atoms with Crippen molar-refractivity contribution >= 4 is 12.6 Å². The first-order valence-electron chi connectivity index (χ1n) is 6.21. The summed E-state index contributed by atoms with van der Waals surface area (Å²) in [4.78, 5) is 6.56. The molecular formula is C13H20N2OS. The van der Waals surface area contributed by atoms with Crippen molar-refractivity contribution in [1.82, 2.24) is 9.88 Å². The van der Waals surface area contributed by atoms with Crippen molar-refractivity contribution < 1.29 is 4.74 Å². The van der Waals surface area contributed by atoms with Gasteiger partial charge in [0, 0.05) is 17.6 Å². The lowest BCUT2D eigenvalue weighted by Crippen LogP contribution is -2.38. The van der Waals surface area contributed by atoms with Gasteiger partial charge in [0.25, 0.3) is 0 Å². The molecule has 4 heteroatoms. The molecule has 1 fully saturated rings. The number of likely N-dealkylation sites (tertiary alicyclic amines) is 1. The fraction of sp³-hybridized carbons (Fsp3) is 0.615. The first-order valence-corrected chi connectivity index (χ1v) is 6.73. The Morgan fingerprint density at radius 1 is 1.47 bits per heavy atom. The Kier molecular flexibility index (Phi) is 4.68. The van der Waals surface area contributed by atoms with Gasteiger partial charge < -0.3 is 4.74 Å². The van der Waals surface area contributed by atoms with Crippen molar-refractivity contribution in [3.63, 3.8) is 0 Å². The van der Waals surface area contributed by atoms with Crippen LogP contribution in [0.3, 0.4) is 0 Å². The van der Waals surface area contributed by atoms with Gasteiger partial charge in [-0.3, -0.25) is 4.90 Å². The maximum absolute atomic E-state index is 5.69. The molecule has 0 aromatic carbocycles. The van der Waals surface area contributed by atoms with E-state index >= 15 is 0 Å². The highest BCUT2D eigenvalue weighted by atomic mass is 32.1. The number of pyridine rings is 1. The van der Waals surface area contributed by atoms with Crippen LogP contribution in [0, 0.1) is 5.92 Å². The molecule has 1 unspecified atom stereocenters. The summed E-state index contributed by atoms with van der Waals surface area (Å²) in [6.07, 6.45) is 4.15. The van der Waals surface area contributed by atoms with Gasteiger partial charge in [-0.1, -0.05) is 6.07 Å². The average Bonchev–Trinajstić information content (AvgIpc) is 2.38. The van der Waals surface area contributed by atoms with Gasteiger partial charge in [-0.25, -0.2) is 4.98 Å². The first kappa shape index (κ1) is 12.7. The lowest BCUT2D eigenvalue weighted by Gasteiger charge is -2.33. The van der Waals surface area contributed by atoms with Crippen LogP contribution in [0.5, 0.6) is 5.88 Å². The predicted octanol–water partition coefficient (Wildman–Crippen LogP) is 2.45. The molecular weight excluding hydrogens is 232 g/mol. The molecule has 0 radical (unpaired) electrons. The minimum Gasteiger partial charge on any atom is -0.477 e. The lowest BCUT2D eigenvalue weighted by molar-refractivity contribution is 0.136. The van der Waals surface area contributed by atoms with E-state index in [0.717, 1.165) is 25.6 Å². The number of aromatic nitrogens is 1. The van der Waals surface area contributed by atoms with E-state index in [1.54, 1.807) is 6.20 Å². The average molecular weight is 252 g/mol. The lowest BCUT2D eigenvalue weighted by atomic mass is 9.98. The molecule has 3 nitrogen and oxygen atoms in total. The molecule has 0 bridgehead atoms. The van der Waals surface area contributed by atoms with E-state index in [0.29, 0.717) is 11.3 Å². The fourth-order valence-electron chi connectivity index (χ4n) is 2.13. The van der Waals surface area contributed by atoms with E-state index in [2.05, 4.69) is 29.4 Å². The SMILES string of the molecule is CC(S)N1CCC(COc2ccccn2)CC1. The smallest absolute Gasteiger partial charge is 0.213 e. The van der Waals surface area contributed by atoms with E-state index < -0.39 is 0 Å². The Bertz CT molecular complexity index is 323. The summed E-state index contributed by atoms with van der Waals surface area (Å²) in [7, 11) is 0. The highest BCUT2D eigenvalue weighted by Crippen LogP contribution is 2.20. The number of thiol groups is 1. The third-order valence-electron chi connectivity index (χ3n) is 3.28. The number of piperidine rings is 1. The van der Waals surface area contributed by atoms with E-state index in [1.807, 2.05) is 18.2 Å². The maximum atomic E-state index is 5.69. The molecule has 1 aliphatic rings. The van der Waals surface area contributed by atoms with Crippen LogP contribution < -0.4 is 4.74 Å². The Morgan fingerprint density at radius 2 is 2.24 bits per heavy atom. The van der Waals surface area contributed by atoms with Crippen molar-refractivity contribution in [2.24, 2.45) is 5.92 Å². The minimum absolute atomic E-state index is 0.368. The van der Waals surface area contributed by atoms with Crippen molar-refractivity contribution in [3.05, 3.63) is 24.4 Å². The summed E-state index contributed by atoms with van der Waals surface area (Å²) in [5.41, 5.74) is 0. The molecule has 2 rings (SSSR count). The zero-order chi connectivity index (χ0) is 12.1. The number of rotatable bonds is 4. The third-order valence-corrected chi connectivity index (χ3v) is 3.61. The highest BCUT2D eigenvalue weighted by Gasteiger charge is 2.21. The molecule has 17 heavy (non-hydrogen) atoms. The summed E-state index contributed by atoms with van der Waals surface area (Å²) in [5, 5.41) is 0.368. The van der Waals surface area contributed by atoms with Gasteiger partial charge in [0.2, 0.25) is 5.88 Å². The standard InChI is InChI=1S/C13H20N2OS/c1-11(17)15-8-5-12(6-9-15)10-16-13-4-2-3-7-14-13/h2-4,7,11-12,17H,5-6,8-10H2,1H3. The van der Waals surface area contributed by atoms with Gasteiger partial charge in [-0.2, -0.15) is 12.6 Å². The van der Waals surface area contributed by atoms with E-state index in [9.17, 15) is 0 Å². The molecule has 0 saturated carbocycles. The third kappa shape index (κ3) is 3.89. The zero-order valence-corrected chi connectivity index (χ0v) is 11.1. The second kappa shape index (κ2) is 6.26. The molecule has 0 spiro atoms. The van der Waals surface area contributed by atoms with Crippen LogP contribution in [0.25, 0.3) is 0 Å². The number of ether oxygens (including phenoxy) is 1. The monoisotopic (exact) mass is 252 g/mol. The summed E-state index contributed by atoms with van der Waals surface area (Å²) >= 11 is 4.46. The number of hydrogen-bond donors (Lipinski definition) is 1. The Hall–Kier alpha value is -0.740. The molecule has 1 aromatic heterocycles. The zero-order valence-electron chi connectivity index (χ0n) is 10.2. The van der Waals surface area contributed by atoms with Crippen molar-refractivity contribution in [2.45, 2.75) is 25.1 Å². The summed E-state index contributed by atoms with van der Waals surface area (Å²) < 4.78 is 5.69. The van der Waals surface area contributed by atoms with Gasteiger partial charge in [0.1, 0.15) is 0 Å². The normalized spacial score (nSPS) is 20.1. The second-order valence-corrected chi connectivity index (χ2v) is 5.34. The quantitative estimate of drug-likeness (QED) is 0.833. The fourth-order valence-corrected chi connectivity index (χ4v) is 2.36. The maximum Gasteiger partial charge on any atom is 0.213 e. The molecule has 2 heterocycles. The molecule has 0 amide bonds. The predicted molar refractivity (Wildman–Crippen MR) is 72.5 cm³/mol. The van der Waals surface area contributed by atoms with Crippen LogP contribution >= 0.6 is 12.6 Å². The molecule has 0 aliphatic carbocycles. The van der Waals surface area contributed by atoms with E-state index in [1.165, 1.54) is 12.8 Å². The van der Waals surface area contributed by atoms with E-state index in [-0.39, 0.29) is 0 Å². The Balaban J connectivity index is 1.72. The Labute approximate surface area is 109 Å². The minimum atomic E-state index is 0.368. The molecule has 1 aromatic rings. The molecule has 1 atom stereocenters. The summed E-state index contributed by atoms with van der Waals surface area (Å²) in [6, 6.07) is 5.76. The van der Waals surface area contributed by atoms with Crippen LogP contribution in [0.15, 0.2) is 24.4 Å². The van der Waals surface area contributed by atoms with Gasteiger partial charge >= 0.3 is 0 Å². The summed E-state index contributed by atoms with van der Waals surface area (Å²) in [5.74, 6) is 1.39. The number of nitrogens with zero attached hydrogens (tertiary/aromatic N) is 2. The van der Waals surface area contributed by atoms with Crippen molar-refractivity contribution in [3.8, 4) is 5.88 Å². The van der Waals surface area contributed by atoms with Crippen molar-refractivity contribution in [2.75, 3.05) is 19.7 Å². The van der Waals surface area contributed by atoms with Crippen molar-refractivity contribution in [1.29, 1.82) is 0 Å². The molecule has 1 aliphatic heterocycles. The largest absolute Gasteiger partial charge is 0.477 e. The van der Waals surface area contributed by atoms with Crippen LogP contribution in [0.4, 0.5) is 0 Å². The number of hydrogen-bond acceptors (Lipinski definition) is 4. The van der Waals surface area contributed by atoms with Gasteiger partial charge in [0.05, 0.1) is 6.61 Å². The molecule has 1 saturated heterocycles. The molecule has 0 N–H and O–H groups in total. The topological polar surface area (TPSA) is 25.4 Å². The molecule has 94 valence electrons. The van der Waals surface area contributed by atoms with Crippen LogP contribution in [0.2, 0.25) is 0 Å². The van der Waals surface area contributed by atoms with Gasteiger partial charge in [-0.05, 0) is 44.8 Å². The van der Waals surface area contributed by atoms with Crippen LogP contribution in [-0.4, -0.2) is 35.0 Å². The van der Waals surface area contributed by atoms with Gasteiger partial charge in [-0.15, -0.1) is 0 Å². The van der Waals surface area contributed by atoms with Gasteiger partial charge in [0.15, 0.2) is 0 Å². The Morgan fingerprint density at radius 3 is 2.82 bits per heavy atom.